The molecule has 0 radical (unpaired) electrons. The highest BCUT2D eigenvalue weighted by molar-refractivity contribution is 6.32. The largest absolute Gasteiger partial charge is 0.477 e. The van der Waals surface area contributed by atoms with Gasteiger partial charge in [-0.3, -0.25) is 0 Å². The van der Waals surface area contributed by atoms with Crippen LogP contribution in [0.4, 0.5) is 0 Å². The van der Waals surface area contributed by atoms with Crippen LogP contribution in [0.3, 0.4) is 0 Å². The molecule has 0 heterocycles. The molecule has 0 bridgehead atoms. The zero-order valence-electron chi connectivity index (χ0n) is 10.5. The minimum Gasteiger partial charge on any atom is -0.477 e. The average Bonchev–Trinajstić information content (AvgIpc) is 2.28. The summed E-state index contributed by atoms with van der Waals surface area (Å²) in [5.41, 5.74) is 1.02. The second kappa shape index (κ2) is 5.92. The maximum Gasteiger partial charge on any atom is 0.347 e. The standard InChI is InChI=1S/C13H17ClO3/c1-8(2)12(13(15)16-4)17-11-7-9(3)5-6-10(11)14/h5-8,12H,1-4H3/t12-/m0/s1. The van der Waals surface area contributed by atoms with E-state index >= 15 is 0 Å². The van der Waals surface area contributed by atoms with E-state index in [-0.39, 0.29) is 5.92 Å². The molecule has 1 atom stereocenters. The molecule has 1 aromatic carbocycles. The summed E-state index contributed by atoms with van der Waals surface area (Å²) in [6, 6.07) is 5.44. The second-order valence-corrected chi connectivity index (χ2v) is 4.65. The molecular formula is C13H17ClO3. The van der Waals surface area contributed by atoms with E-state index in [1.807, 2.05) is 26.8 Å². The van der Waals surface area contributed by atoms with Crippen LogP contribution < -0.4 is 4.74 Å². The maximum absolute atomic E-state index is 11.6. The van der Waals surface area contributed by atoms with Crippen LogP contribution in [0.2, 0.25) is 5.02 Å². The Morgan fingerprint density at radius 1 is 1.35 bits per heavy atom. The van der Waals surface area contributed by atoms with Crippen molar-refractivity contribution in [1.29, 1.82) is 0 Å². The first-order valence-corrected chi connectivity index (χ1v) is 5.84. The first-order valence-electron chi connectivity index (χ1n) is 5.46. The van der Waals surface area contributed by atoms with E-state index in [0.717, 1.165) is 5.56 Å². The predicted molar refractivity (Wildman–Crippen MR) is 67.5 cm³/mol. The van der Waals surface area contributed by atoms with Crippen LogP contribution in [-0.4, -0.2) is 19.2 Å². The molecule has 0 amide bonds. The second-order valence-electron chi connectivity index (χ2n) is 4.24. The molecule has 0 saturated carbocycles. The molecule has 0 N–H and O–H groups in total. The third-order valence-corrected chi connectivity index (χ3v) is 2.69. The van der Waals surface area contributed by atoms with Crippen LogP contribution in [0.15, 0.2) is 18.2 Å². The van der Waals surface area contributed by atoms with Crippen molar-refractivity contribution >= 4 is 17.6 Å². The third kappa shape index (κ3) is 3.63. The summed E-state index contributed by atoms with van der Waals surface area (Å²) < 4.78 is 10.3. The monoisotopic (exact) mass is 256 g/mol. The highest BCUT2D eigenvalue weighted by atomic mass is 35.5. The fourth-order valence-corrected chi connectivity index (χ4v) is 1.57. The molecule has 0 unspecified atom stereocenters. The van der Waals surface area contributed by atoms with Crippen molar-refractivity contribution < 1.29 is 14.3 Å². The Morgan fingerprint density at radius 2 is 2.00 bits per heavy atom. The average molecular weight is 257 g/mol. The molecule has 94 valence electrons. The van der Waals surface area contributed by atoms with Crippen molar-refractivity contribution in [2.24, 2.45) is 5.92 Å². The Balaban J connectivity index is 2.93. The number of halogens is 1. The topological polar surface area (TPSA) is 35.5 Å². The lowest BCUT2D eigenvalue weighted by atomic mass is 10.1. The Labute approximate surface area is 107 Å². The summed E-state index contributed by atoms with van der Waals surface area (Å²) in [7, 11) is 1.35. The van der Waals surface area contributed by atoms with E-state index in [0.29, 0.717) is 10.8 Å². The quantitative estimate of drug-likeness (QED) is 0.776. The van der Waals surface area contributed by atoms with E-state index in [1.165, 1.54) is 7.11 Å². The fourth-order valence-electron chi connectivity index (χ4n) is 1.41. The number of hydrogen-bond donors (Lipinski definition) is 0. The van der Waals surface area contributed by atoms with Crippen LogP contribution in [0.1, 0.15) is 19.4 Å². The number of benzene rings is 1. The van der Waals surface area contributed by atoms with Gasteiger partial charge in [-0.2, -0.15) is 0 Å². The number of carbonyl (C=O) groups excluding carboxylic acids is 1. The molecule has 0 aliphatic carbocycles. The lowest BCUT2D eigenvalue weighted by Gasteiger charge is -2.20. The van der Waals surface area contributed by atoms with Crippen LogP contribution in [-0.2, 0) is 9.53 Å². The molecule has 1 rings (SSSR count). The number of methoxy groups -OCH3 is 1. The summed E-state index contributed by atoms with van der Waals surface area (Å²) >= 11 is 6.02. The molecular weight excluding hydrogens is 240 g/mol. The number of esters is 1. The third-order valence-electron chi connectivity index (χ3n) is 2.38. The molecule has 17 heavy (non-hydrogen) atoms. The molecule has 0 spiro atoms. The number of hydrogen-bond acceptors (Lipinski definition) is 3. The highest BCUT2D eigenvalue weighted by Crippen LogP contribution is 2.27. The Kier molecular flexibility index (Phi) is 4.82. The molecule has 1 aromatic rings. The van der Waals surface area contributed by atoms with Gasteiger partial charge < -0.3 is 9.47 Å². The van der Waals surface area contributed by atoms with Crippen molar-refractivity contribution in [1.82, 2.24) is 0 Å². The first-order chi connectivity index (χ1) is 7.95. The predicted octanol–water partition coefficient (Wildman–Crippen LogP) is 3.22. The molecule has 0 saturated heterocycles. The van der Waals surface area contributed by atoms with Crippen LogP contribution in [0.25, 0.3) is 0 Å². The van der Waals surface area contributed by atoms with Gasteiger partial charge in [-0.1, -0.05) is 31.5 Å². The van der Waals surface area contributed by atoms with Crippen LogP contribution in [0, 0.1) is 12.8 Å². The van der Waals surface area contributed by atoms with Crippen molar-refractivity contribution in [2.75, 3.05) is 7.11 Å². The minimum absolute atomic E-state index is 0.0130. The van der Waals surface area contributed by atoms with E-state index in [4.69, 9.17) is 21.1 Å². The van der Waals surface area contributed by atoms with Gasteiger partial charge in [0.2, 0.25) is 0 Å². The fraction of sp³-hybridized carbons (Fsp3) is 0.462. The van der Waals surface area contributed by atoms with Gasteiger partial charge in [0.25, 0.3) is 0 Å². The van der Waals surface area contributed by atoms with Crippen LogP contribution in [0.5, 0.6) is 5.75 Å². The molecule has 3 nitrogen and oxygen atoms in total. The van der Waals surface area contributed by atoms with Crippen molar-refractivity contribution in [3.63, 3.8) is 0 Å². The smallest absolute Gasteiger partial charge is 0.347 e. The van der Waals surface area contributed by atoms with Gasteiger partial charge in [0.05, 0.1) is 12.1 Å². The molecule has 0 aromatic heterocycles. The van der Waals surface area contributed by atoms with Gasteiger partial charge >= 0.3 is 5.97 Å². The number of carbonyl (C=O) groups is 1. The summed E-state index contributed by atoms with van der Waals surface area (Å²) in [4.78, 5) is 11.6. The van der Waals surface area contributed by atoms with E-state index in [9.17, 15) is 4.79 Å². The van der Waals surface area contributed by atoms with E-state index < -0.39 is 12.1 Å². The molecule has 4 heteroatoms. The maximum atomic E-state index is 11.6. The van der Waals surface area contributed by atoms with Gasteiger partial charge in [0.1, 0.15) is 5.75 Å². The van der Waals surface area contributed by atoms with Crippen molar-refractivity contribution in [3.8, 4) is 5.75 Å². The van der Waals surface area contributed by atoms with Crippen molar-refractivity contribution in [3.05, 3.63) is 28.8 Å². The number of rotatable bonds is 4. The lowest BCUT2D eigenvalue weighted by Crippen LogP contribution is -2.33. The summed E-state index contributed by atoms with van der Waals surface area (Å²) in [5.74, 6) is 0.132. The van der Waals surface area contributed by atoms with E-state index in [2.05, 4.69) is 0 Å². The van der Waals surface area contributed by atoms with Crippen molar-refractivity contribution in [2.45, 2.75) is 26.9 Å². The Morgan fingerprint density at radius 3 is 2.53 bits per heavy atom. The Bertz CT molecular complexity index is 402. The minimum atomic E-state index is -0.640. The van der Waals surface area contributed by atoms with Gasteiger partial charge in [0.15, 0.2) is 6.10 Å². The zero-order valence-corrected chi connectivity index (χ0v) is 11.2. The van der Waals surface area contributed by atoms with E-state index in [1.54, 1.807) is 12.1 Å². The summed E-state index contributed by atoms with van der Waals surface area (Å²) in [6.07, 6.45) is -0.640. The van der Waals surface area contributed by atoms with Gasteiger partial charge in [-0.15, -0.1) is 0 Å². The molecule has 0 aliphatic heterocycles. The zero-order chi connectivity index (χ0) is 13.0. The lowest BCUT2D eigenvalue weighted by molar-refractivity contribution is -0.150. The van der Waals surface area contributed by atoms with Gasteiger partial charge in [0, 0.05) is 5.92 Å². The normalized spacial score (nSPS) is 12.4. The number of ether oxygens (including phenoxy) is 2. The van der Waals surface area contributed by atoms with Gasteiger partial charge in [-0.25, -0.2) is 4.79 Å². The van der Waals surface area contributed by atoms with Crippen LogP contribution >= 0.6 is 11.6 Å². The molecule has 0 fully saturated rings. The SMILES string of the molecule is COC(=O)[C@@H](Oc1cc(C)ccc1Cl)C(C)C. The number of aryl methyl sites for hydroxylation is 1. The summed E-state index contributed by atoms with van der Waals surface area (Å²) in [6.45, 7) is 5.72. The highest BCUT2D eigenvalue weighted by Gasteiger charge is 2.25. The molecule has 0 aliphatic rings. The summed E-state index contributed by atoms with van der Waals surface area (Å²) in [5, 5.41) is 0.491. The Hall–Kier alpha value is -1.22. The first kappa shape index (κ1) is 13.8. The van der Waals surface area contributed by atoms with Gasteiger partial charge in [-0.05, 0) is 24.6 Å².